The van der Waals surface area contributed by atoms with E-state index in [1.165, 1.54) is 4.90 Å². The van der Waals surface area contributed by atoms with Crippen molar-refractivity contribution in [1.29, 1.82) is 0 Å². The van der Waals surface area contributed by atoms with Crippen molar-refractivity contribution in [2.24, 2.45) is 5.92 Å². The van der Waals surface area contributed by atoms with Crippen LogP contribution in [0.2, 0.25) is 0 Å². The monoisotopic (exact) mass is 386 g/mol. The van der Waals surface area contributed by atoms with Crippen LogP contribution in [0, 0.1) is 12.8 Å². The lowest BCUT2D eigenvalue weighted by Gasteiger charge is -2.35. The van der Waals surface area contributed by atoms with Gasteiger partial charge in [0, 0.05) is 45.5 Å². The summed E-state index contributed by atoms with van der Waals surface area (Å²) in [6, 6.07) is 1.71. The van der Waals surface area contributed by atoms with Gasteiger partial charge in [0.05, 0.1) is 6.54 Å². The fourth-order valence-corrected chi connectivity index (χ4v) is 3.58. The fourth-order valence-electron chi connectivity index (χ4n) is 3.58. The van der Waals surface area contributed by atoms with E-state index >= 15 is 0 Å². The van der Waals surface area contributed by atoms with E-state index < -0.39 is 12.7 Å². The highest BCUT2D eigenvalue weighted by Gasteiger charge is 2.34. The molecule has 0 aliphatic carbocycles. The second kappa shape index (κ2) is 8.28. The van der Waals surface area contributed by atoms with Crippen molar-refractivity contribution in [3.8, 4) is 0 Å². The zero-order chi connectivity index (χ0) is 19.4. The van der Waals surface area contributed by atoms with Crippen molar-refractivity contribution in [3.63, 3.8) is 0 Å². The van der Waals surface area contributed by atoms with Crippen molar-refractivity contribution in [1.82, 2.24) is 25.1 Å². The average Bonchev–Trinajstić information content (AvgIpc) is 3.05. The van der Waals surface area contributed by atoms with Gasteiger partial charge in [-0.3, -0.25) is 4.90 Å². The van der Waals surface area contributed by atoms with E-state index in [0.29, 0.717) is 58.1 Å². The number of halogens is 3. The van der Waals surface area contributed by atoms with Gasteiger partial charge in [-0.2, -0.15) is 13.2 Å². The largest absolute Gasteiger partial charge is 0.401 e. The summed E-state index contributed by atoms with van der Waals surface area (Å²) in [7, 11) is 0. The summed E-state index contributed by atoms with van der Waals surface area (Å²) in [5, 5.41) is 2.88. The first-order valence-electron chi connectivity index (χ1n) is 9.16. The molecule has 3 rings (SSSR count). The molecular weight excluding hydrogens is 361 g/mol. The fraction of sp³-hybridized carbons (Fsp3) is 0.706. The molecule has 3 heterocycles. The number of anilines is 1. The lowest BCUT2D eigenvalue weighted by Crippen LogP contribution is -2.52. The summed E-state index contributed by atoms with van der Waals surface area (Å²) in [4.78, 5) is 26.1. The maximum atomic E-state index is 12.4. The molecule has 150 valence electrons. The van der Waals surface area contributed by atoms with Crippen LogP contribution in [0.25, 0.3) is 0 Å². The molecule has 2 saturated heterocycles. The topological polar surface area (TPSA) is 64.6 Å². The van der Waals surface area contributed by atoms with Crippen LogP contribution in [0.5, 0.6) is 0 Å². The van der Waals surface area contributed by atoms with E-state index in [2.05, 4.69) is 20.2 Å². The predicted octanol–water partition coefficient (Wildman–Crippen LogP) is 1.50. The first kappa shape index (κ1) is 19.7. The Morgan fingerprint density at radius 2 is 2.00 bits per heavy atom. The Kier molecular flexibility index (Phi) is 6.03. The lowest BCUT2D eigenvalue weighted by molar-refractivity contribution is -0.143. The molecule has 1 aromatic heterocycles. The van der Waals surface area contributed by atoms with Gasteiger partial charge in [-0.25, -0.2) is 14.8 Å². The van der Waals surface area contributed by atoms with Gasteiger partial charge < -0.3 is 15.1 Å². The van der Waals surface area contributed by atoms with Crippen molar-refractivity contribution in [2.45, 2.75) is 19.5 Å². The number of hydrogen-bond acceptors (Lipinski definition) is 5. The number of piperazine rings is 1. The van der Waals surface area contributed by atoms with Crippen LogP contribution in [-0.4, -0.2) is 84.3 Å². The first-order valence-corrected chi connectivity index (χ1v) is 9.16. The molecule has 2 aliphatic rings. The third-order valence-corrected chi connectivity index (χ3v) is 4.97. The second-order valence-electron chi connectivity index (χ2n) is 7.13. The van der Waals surface area contributed by atoms with Crippen molar-refractivity contribution < 1.29 is 18.0 Å². The number of hydrogen-bond donors (Lipinski definition) is 1. The number of carbonyl (C=O) groups is 1. The summed E-state index contributed by atoms with van der Waals surface area (Å²) >= 11 is 0. The molecule has 0 saturated carbocycles. The molecule has 2 aliphatic heterocycles. The molecular formula is C17H25F3N6O. The molecule has 7 nitrogen and oxygen atoms in total. The summed E-state index contributed by atoms with van der Waals surface area (Å²) in [6.45, 7) is 4.73. The van der Waals surface area contributed by atoms with Gasteiger partial charge in [-0.05, 0) is 31.9 Å². The summed E-state index contributed by atoms with van der Waals surface area (Å²) in [5.41, 5.74) is 0. The maximum absolute atomic E-state index is 12.4. The molecule has 0 bridgehead atoms. The molecule has 1 N–H and O–H groups in total. The molecule has 1 atom stereocenters. The predicted molar refractivity (Wildman–Crippen MR) is 94.6 cm³/mol. The van der Waals surface area contributed by atoms with Gasteiger partial charge in [-0.1, -0.05) is 0 Å². The number of alkyl halides is 3. The number of aromatic nitrogens is 2. The molecule has 2 fully saturated rings. The van der Waals surface area contributed by atoms with E-state index in [9.17, 15) is 18.0 Å². The van der Waals surface area contributed by atoms with Crippen LogP contribution in [0.1, 0.15) is 12.2 Å². The number of amides is 2. The van der Waals surface area contributed by atoms with Crippen LogP contribution in [0.15, 0.2) is 12.3 Å². The first-order chi connectivity index (χ1) is 12.8. The minimum absolute atomic E-state index is 0.0709. The Hall–Kier alpha value is -2.10. The summed E-state index contributed by atoms with van der Waals surface area (Å²) in [6.07, 6.45) is -1.77. The summed E-state index contributed by atoms with van der Waals surface area (Å²) < 4.78 is 37.3. The van der Waals surface area contributed by atoms with E-state index in [4.69, 9.17) is 0 Å². The number of urea groups is 1. The van der Waals surface area contributed by atoms with Crippen LogP contribution in [0.3, 0.4) is 0 Å². The molecule has 27 heavy (non-hydrogen) atoms. The standard InChI is InChI=1S/C17H25F3N6O/c1-13-21-4-2-15(23-13)25-6-8-26(9-7-25)16(27)22-10-14-3-5-24(11-14)12-17(18,19)20/h2,4,14H,3,5-12H2,1H3,(H,22,27). The molecule has 0 aromatic carbocycles. The van der Waals surface area contributed by atoms with E-state index in [1.54, 1.807) is 11.1 Å². The van der Waals surface area contributed by atoms with E-state index in [0.717, 1.165) is 5.82 Å². The highest BCUT2D eigenvalue weighted by Crippen LogP contribution is 2.22. The van der Waals surface area contributed by atoms with Gasteiger partial charge in [0.25, 0.3) is 0 Å². The second-order valence-corrected chi connectivity index (χ2v) is 7.13. The quantitative estimate of drug-likeness (QED) is 0.850. The highest BCUT2D eigenvalue weighted by atomic mass is 19.4. The summed E-state index contributed by atoms with van der Waals surface area (Å²) in [5.74, 6) is 1.64. The van der Waals surface area contributed by atoms with Gasteiger partial charge in [-0.15, -0.1) is 0 Å². The van der Waals surface area contributed by atoms with Gasteiger partial charge in [0.2, 0.25) is 0 Å². The van der Waals surface area contributed by atoms with Crippen molar-refractivity contribution >= 4 is 11.8 Å². The lowest BCUT2D eigenvalue weighted by atomic mass is 10.1. The molecule has 2 amide bonds. The number of nitrogens with zero attached hydrogens (tertiary/aromatic N) is 5. The van der Waals surface area contributed by atoms with Gasteiger partial charge in [0.15, 0.2) is 0 Å². The van der Waals surface area contributed by atoms with Gasteiger partial charge >= 0.3 is 12.2 Å². The molecule has 1 aromatic rings. The third-order valence-electron chi connectivity index (χ3n) is 4.97. The minimum atomic E-state index is -4.17. The number of carbonyl (C=O) groups excluding carboxylic acids is 1. The van der Waals surface area contributed by atoms with E-state index in [-0.39, 0.29) is 11.9 Å². The number of likely N-dealkylation sites (tertiary alicyclic amines) is 1. The zero-order valence-corrected chi connectivity index (χ0v) is 15.4. The number of nitrogens with one attached hydrogen (secondary N) is 1. The van der Waals surface area contributed by atoms with Crippen molar-refractivity contribution in [2.75, 3.05) is 57.3 Å². The van der Waals surface area contributed by atoms with Crippen LogP contribution < -0.4 is 10.2 Å². The number of aryl methyl sites for hydroxylation is 1. The SMILES string of the molecule is Cc1nccc(N2CCN(C(=O)NCC3CCN(CC(F)(F)F)C3)CC2)n1. The molecule has 1 unspecified atom stereocenters. The zero-order valence-electron chi connectivity index (χ0n) is 15.4. The molecule has 0 spiro atoms. The third kappa shape index (κ3) is 5.69. The number of rotatable bonds is 4. The smallest absolute Gasteiger partial charge is 0.353 e. The van der Waals surface area contributed by atoms with Crippen molar-refractivity contribution in [3.05, 3.63) is 18.1 Å². The molecule has 0 radical (unpaired) electrons. The Bertz CT molecular complexity index is 648. The van der Waals surface area contributed by atoms with Crippen LogP contribution in [0.4, 0.5) is 23.8 Å². The maximum Gasteiger partial charge on any atom is 0.401 e. The average molecular weight is 386 g/mol. The Morgan fingerprint density at radius 1 is 1.26 bits per heavy atom. The Labute approximate surface area is 156 Å². The molecule has 10 heteroatoms. The van der Waals surface area contributed by atoms with Crippen LogP contribution >= 0.6 is 0 Å². The highest BCUT2D eigenvalue weighted by molar-refractivity contribution is 5.74. The Morgan fingerprint density at radius 3 is 2.67 bits per heavy atom. The Balaban J connectivity index is 1.39. The van der Waals surface area contributed by atoms with Gasteiger partial charge in [0.1, 0.15) is 11.6 Å². The minimum Gasteiger partial charge on any atom is -0.353 e. The van der Waals surface area contributed by atoms with E-state index in [1.807, 2.05) is 13.0 Å². The van der Waals surface area contributed by atoms with Crippen LogP contribution in [-0.2, 0) is 0 Å². The normalized spacial score (nSPS) is 21.6.